The highest BCUT2D eigenvalue weighted by Crippen LogP contribution is 2.18. The number of benzene rings is 1. The Morgan fingerprint density at radius 3 is 2.94 bits per heavy atom. The zero-order valence-electron chi connectivity index (χ0n) is 10.8. The van der Waals surface area contributed by atoms with Gasteiger partial charge in [-0.3, -0.25) is 4.79 Å². The second-order valence-corrected chi connectivity index (χ2v) is 5.78. The largest absolute Gasteiger partial charge is 0.348 e. The number of rotatable bonds is 2. The van der Waals surface area contributed by atoms with Crippen LogP contribution in [0.25, 0.3) is 0 Å². The maximum Gasteiger partial charge on any atom is 0.251 e. The fraction of sp³-hybridized carbons (Fsp3) is 0.500. The molecule has 2 atom stereocenters. The summed E-state index contributed by atoms with van der Waals surface area (Å²) in [5.41, 5.74) is 1.85. The summed E-state index contributed by atoms with van der Waals surface area (Å²) in [7, 11) is 0. The van der Waals surface area contributed by atoms with E-state index in [1.807, 2.05) is 25.1 Å². The van der Waals surface area contributed by atoms with E-state index in [4.69, 9.17) is 0 Å². The molecule has 4 heteroatoms. The summed E-state index contributed by atoms with van der Waals surface area (Å²) in [4.78, 5) is 12.2. The second-order valence-electron chi connectivity index (χ2n) is 4.93. The molecule has 2 unspecified atom stereocenters. The van der Waals surface area contributed by atoms with Gasteiger partial charge in [-0.1, -0.05) is 22.0 Å². The van der Waals surface area contributed by atoms with Crippen LogP contribution in [0.2, 0.25) is 0 Å². The smallest absolute Gasteiger partial charge is 0.251 e. The Labute approximate surface area is 116 Å². The van der Waals surface area contributed by atoms with Gasteiger partial charge in [0.05, 0.1) is 0 Å². The molecule has 18 heavy (non-hydrogen) atoms. The Balaban J connectivity index is 2.04. The topological polar surface area (TPSA) is 41.1 Å². The molecule has 1 fully saturated rings. The minimum absolute atomic E-state index is 0.0104. The minimum Gasteiger partial charge on any atom is -0.348 e. The van der Waals surface area contributed by atoms with Crippen LogP contribution in [-0.4, -0.2) is 24.5 Å². The van der Waals surface area contributed by atoms with E-state index >= 15 is 0 Å². The molecule has 1 aromatic carbocycles. The number of amides is 1. The second kappa shape index (κ2) is 5.85. The first-order valence-electron chi connectivity index (χ1n) is 6.38. The van der Waals surface area contributed by atoms with Gasteiger partial charge >= 0.3 is 0 Å². The van der Waals surface area contributed by atoms with Crippen molar-refractivity contribution in [1.29, 1.82) is 0 Å². The van der Waals surface area contributed by atoms with Crippen LogP contribution in [0.4, 0.5) is 0 Å². The predicted octanol–water partition coefficient (Wildman–Crippen LogP) is 2.63. The van der Waals surface area contributed by atoms with E-state index in [1.165, 1.54) is 0 Å². The van der Waals surface area contributed by atoms with Gasteiger partial charge < -0.3 is 10.6 Å². The molecule has 0 bridgehead atoms. The van der Waals surface area contributed by atoms with Crippen molar-refractivity contribution in [2.24, 2.45) is 0 Å². The standard InChI is InChI=1S/C14H19BrN2O/c1-9-5-6-11(8-12(9)15)14(18)17-13-4-3-7-16-10(13)2/h5-6,8,10,13,16H,3-4,7H2,1-2H3,(H,17,18). The number of carbonyl (C=O) groups is 1. The van der Waals surface area contributed by atoms with Crippen molar-refractivity contribution in [2.45, 2.75) is 38.8 Å². The van der Waals surface area contributed by atoms with Crippen LogP contribution >= 0.6 is 15.9 Å². The highest BCUT2D eigenvalue weighted by atomic mass is 79.9. The fourth-order valence-electron chi connectivity index (χ4n) is 2.23. The van der Waals surface area contributed by atoms with E-state index in [1.54, 1.807) is 0 Å². The Morgan fingerprint density at radius 1 is 1.50 bits per heavy atom. The summed E-state index contributed by atoms with van der Waals surface area (Å²) < 4.78 is 0.977. The van der Waals surface area contributed by atoms with E-state index in [0.29, 0.717) is 11.6 Å². The molecule has 98 valence electrons. The summed E-state index contributed by atoms with van der Waals surface area (Å²) >= 11 is 3.46. The minimum atomic E-state index is 0.0104. The number of halogens is 1. The van der Waals surface area contributed by atoms with Crippen LogP contribution in [0.5, 0.6) is 0 Å². The summed E-state index contributed by atoms with van der Waals surface area (Å²) in [6.07, 6.45) is 2.17. The molecule has 0 aromatic heterocycles. The Bertz CT molecular complexity index is 447. The third-order valence-electron chi connectivity index (χ3n) is 3.51. The lowest BCUT2D eigenvalue weighted by molar-refractivity contribution is 0.0920. The van der Waals surface area contributed by atoms with Gasteiger partial charge in [-0.25, -0.2) is 0 Å². The highest BCUT2D eigenvalue weighted by Gasteiger charge is 2.22. The van der Waals surface area contributed by atoms with Gasteiger partial charge in [-0.2, -0.15) is 0 Å². The molecule has 0 radical (unpaired) electrons. The number of hydrogen-bond acceptors (Lipinski definition) is 2. The van der Waals surface area contributed by atoms with E-state index in [0.717, 1.165) is 29.4 Å². The molecule has 1 aromatic rings. The SMILES string of the molecule is Cc1ccc(C(=O)NC2CCCNC2C)cc1Br. The molecule has 2 rings (SSSR count). The molecule has 1 saturated heterocycles. The zero-order chi connectivity index (χ0) is 13.1. The average Bonchev–Trinajstić information content (AvgIpc) is 2.35. The summed E-state index contributed by atoms with van der Waals surface area (Å²) in [6.45, 7) is 5.18. The molecular weight excluding hydrogens is 292 g/mol. The summed E-state index contributed by atoms with van der Waals surface area (Å²) in [5, 5.41) is 6.49. The van der Waals surface area contributed by atoms with Crippen molar-refractivity contribution in [3.8, 4) is 0 Å². The van der Waals surface area contributed by atoms with Crippen molar-refractivity contribution < 1.29 is 4.79 Å². The Kier molecular flexibility index (Phi) is 4.40. The molecule has 1 amide bonds. The van der Waals surface area contributed by atoms with E-state index in [9.17, 15) is 4.79 Å². The lowest BCUT2D eigenvalue weighted by Crippen LogP contribution is -2.51. The quantitative estimate of drug-likeness (QED) is 0.881. The van der Waals surface area contributed by atoms with Gasteiger partial charge in [0.2, 0.25) is 0 Å². The van der Waals surface area contributed by atoms with Crippen molar-refractivity contribution >= 4 is 21.8 Å². The van der Waals surface area contributed by atoms with E-state index in [2.05, 4.69) is 33.5 Å². The Hall–Kier alpha value is -0.870. The lowest BCUT2D eigenvalue weighted by Gasteiger charge is -2.30. The first-order valence-corrected chi connectivity index (χ1v) is 7.17. The third kappa shape index (κ3) is 3.12. The van der Waals surface area contributed by atoms with Crippen LogP contribution in [0.3, 0.4) is 0 Å². The maximum atomic E-state index is 12.2. The van der Waals surface area contributed by atoms with Gasteiger partial charge in [0.15, 0.2) is 0 Å². The number of piperidine rings is 1. The number of carbonyl (C=O) groups excluding carboxylic acids is 1. The van der Waals surface area contributed by atoms with Crippen LogP contribution in [-0.2, 0) is 0 Å². The average molecular weight is 311 g/mol. The molecule has 1 aliphatic rings. The molecule has 1 aliphatic heterocycles. The molecule has 1 heterocycles. The summed E-state index contributed by atoms with van der Waals surface area (Å²) in [6, 6.07) is 6.28. The molecular formula is C14H19BrN2O. The maximum absolute atomic E-state index is 12.2. The van der Waals surface area contributed by atoms with Gasteiger partial charge in [0.1, 0.15) is 0 Å². The fourth-order valence-corrected chi connectivity index (χ4v) is 2.61. The van der Waals surface area contributed by atoms with E-state index < -0.39 is 0 Å². The van der Waals surface area contributed by atoms with Crippen molar-refractivity contribution in [1.82, 2.24) is 10.6 Å². The molecule has 0 spiro atoms. The molecule has 2 N–H and O–H groups in total. The van der Waals surface area contributed by atoms with Gasteiger partial charge in [-0.05, 0) is 50.9 Å². The van der Waals surface area contributed by atoms with Crippen molar-refractivity contribution in [2.75, 3.05) is 6.54 Å². The van der Waals surface area contributed by atoms with Crippen LogP contribution in [0.1, 0.15) is 35.7 Å². The number of hydrogen-bond donors (Lipinski definition) is 2. The van der Waals surface area contributed by atoms with Crippen LogP contribution < -0.4 is 10.6 Å². The first-order chi connectivity index (χ1) is 8.58. The highest BCUT2D eigenvalue weighted by molar-refractivity contribution is 9.10. The van der Waals surface area contributed by atoms with Crippen LogP contribution in [0, 0.1) is 6.92 Å². The zero-order valence-corrected chi connectivity index (χ0v) is 12.4. The van der Waals surface area contributed by atoms with Crippen molar-refractivity contribution in [3.63, 3.8) is 0 Å². The number of nitrogens with one attached hydrogen (secondary N) is 2. The third-order valence-corrected chi connectivity index (χ3v) is 4.37. The number of aryl methyl sites for hydroxylation is 1. The molecule has 3 nitrogen and oxygen atoms in total. The Morgan fingerprint density at radius 2 is 2.28 bits per heavy atom. The van der Waals surface area contributed by atoms with Gasteiger partial charge in [-0.15, -0.1) is 0 Å². The van der Waals surface area contributed by atoms with Crippen LogP contribution in [0.15, 0.2) is 22.7 Å². The van der Waals surface area contributed by atoms with Gasteiger partial charge in [0.25, 0.3) is 5.91 Å². The summed E-state index contributed by atoms with van der Waals surface area (Å²) in [5.74, 6) is 0.0104. The van der Waals surface area contributed by atoms with Crippen molar-refractivity contribution in [3.05, 3.63) is 33.8 Å². The first kappa shape index (κ1) is 13.6. The normalized spacial score (nSPS) is 23.7. The lowest BCUT2D eigenvalue weighted by atomic mass is 9.99. The van der Waals surface area contributed by atoms with Gasteiger partial charge in [0, 0.05) is 22.1 Å². The monoisotopic (exact) mass is 310 g/mol. The van der Waals surface area contributed by atoms with E-state index in [-0.39, 0.29) is 11.9 Å². The molecule has 0 saturated carbocycles. The molecule has 0 aliphatic carbocycles. The predicted molar refractivity (Wildman–Crippen MR) is 76.8 cm³/mol.